The van der Waals surface area contributed by atoms with Crippen molar-refractivity contribution in [3.8, 4) is 5.75 Å². The summed E-state index contributed by atoms with van der Waals surface area (Å²) >= 11 is 0. The van der Waals surface area contributed by atoms with E-state index < -0.39 is 23.6 Å². The standard InChI is InChI=1S/C20H16F3NO4/c1-3-28-11-17-15-8-7-14(27-2)10-16(15)18(25)24(19(17)26)13-6-4-5-12(9-13)20(21,22)23/h4-11H,3H2,1-2H3/b17-11-. The largest absolute Gasteiger partial charge is 0.501 e. The van der Waals surface area contributed by atoms with Gasteiger partial charge in [0.05, 0.1) is 42.4 Å². The molecule has 3 rings (SSSR count). The third-order valence-electron chi connectivity index (χ3n) is 4.18. The molecule has 0 radical (unpaired) electrons. The smallest absolute Gasteiger partial charge is 0.416 e. The predicted molar refractivity (Wildman–Crippen MR) is 95.9 cm³/mol. The monoisotopic (exact) mass is 391 g/mol. The van der Waals surface area contributed by atoms with Gasteiger partial charge in [-0.15, -0.1) is 0 Å². The van der Waals surface area contributed by atoms with Gasteiger partial charge in [0.25, 0.3) is 11.8 Å². The predicted octanol–water partition coefficient (Wildman–Crippen LogP) is 4.28. The highest BCUT2D eigenvalue weighted by Crippen LogP contribution is 2.36. The summed E-state index contributed by atoms with van der Waals surface area (Å²) in [4.78, 5) is 26.7. The van der Waals surface area contributed by atoms with E-state index in [0.717, 1.165) is 18.2 Å². The van der Waals surface area contributed by atoms with Gasteiger partial charge in [0.15, 0.2) is 0 Å². The fourth-order valence-corrected chi connectivity index (χ4v) is 2.85. The molecule has 0 aliphatic carbocycles. The Balaban J connectivity index is 2.17. The number of ether oxygens (including phenoxy) is 2. The first-order valence-corrected chi connectivity index (χ1v) is 8.34. The van der Waals surface area contributed by atoms with Gasteiger partial charge in [-0.25, -0.2) is 4.90 Å². The number of carbonyl (C=O) groups is 2. The quantitative estimate of drug-likeness (QED) is 0.444. The molecule has 146 valence electrons. The lowest BCUT2D eigenvalue weighted by molar-refractivity contribution is -0.137. The zero-order chi connectivity index (χ0) is 20.5. The molecule has 0 saturated heterocycles. The van der Waals surface area contributed by atoms with Crippen LogP contribution >= 0.6 is 0 Å². The van der Waals surface area contributed by atoms with Gasteiger partial charge in [-0.2, -0.15) is 13.2 Å². The van der Waals surface area contributed by atoms with Crippen LogP contribution < -0.4 is 9.64 Å². The summed E-state index contributed by atoms with van der Waals surface area (Å²) < 4.78 is 49.6. The van der Waals surface area contributed by atoms with Crippen molar-refractivity contribution >= 4 is 23.1 Å². The first-order valence-electron chi connectivity index (χ1n) is 8.34. The minimum atomic E-state index is -4.61. The van der Waals surface area contributed by atoms with E-state index in [2.05, 4.69) is 0 Å². The summed E-state index contributed by atoms with van der Waals surface area (Å²) in [5.41, 5.74) is -0.621. The Morgan fingerprint density at radius 3 is 2.43 bits per heavy atom. The van der Waals surface area contributed by atoms with Gasteiger partial charge in [-0.05, 0) is 43.3 Å². The maximum Gasteiger partial charge on any atom is 0.416 e. The molecule has 28 heavy (non-hydrogen) atoms. The molecular weight excluding hydrogens is 375 g/mol. The summed E-state index contributed by atoms with van der Waals surface area (Å²) in [5.74, 6) is -1.14. The van der Waals surface area contributed by atoms with Gasteiger partial charge in [0.2, 0.25) is 0 Å². The molecule has 8 heteroatoms. The number of hydrogen-bond donors (Lipinski definition) is 0. The Labute approximate surface area is 159 Å². The maximum atomic E-state index is 13.1. The summed E-state index contributed by atoms with van der Waals surface area (Å²) in [5, 5.41) is 0. The number of benzene rings is 2. The maximum absolute atomic E-state index is 13.1. The summed E-state index contributed by atoms with van der Waals surface area (Å²) in [7, 11) is 1.42. The van der Waals surface area contributed by atoms with Gasteiger partial charge in [-0.1, -0.05) is 6.07 Å². The number of hydrogen-bond acceptors (Lipinski definition) is 4. The molecule has 1 aliphatic heterocycles. The van der Waals surface area contributed by atoms with Crippen LogP contribution in [0.5, 0.6) is 5.75 Å². The lowest BCUT2D eigenvalue weighted by Gasteiger charge is -2.29. The molecule has 0 bridgehead atoms. The topological polar surface area (TPSA) is 55.8 Å². The first kappa shape index (κ1) is 19.5. The lowest BCUT2D eigenvalue weighted by Crippen LogP contribution is -2.42. The Bertz CT molecular complexity index is 966. The molecule has 0 spiro atoms. The highest BCUT2D eigenvalue weighted by Gasteiger charge is 2.38. The first-order chi connectivity index (χ1) is 13.3. The van der Waals surface area contributed by atoms with Gasteiger partial charge < -0.3 is 9.47 Å². The third kappa shape index (κ3) is 3.45. The zero-order valence-corrected chi connectivity index (χ0v) is 15.0. The number of nitrogens with zero attached hydrogens (tertiary/aromatic N) is 1. The molecule has 2 amide bonds. The van der Waals surface area contributed by atoms with Crippen LogP contribution in [0, 0.1) is 0 Å². The minimum Gasteiger partial charge on any atom is -0.501 e. The van der Waals surface area contributed by atoms with E-state index in [9.17, 15) is 22.8 Å². The molecule has 1 heterocycles. The van der Waals surface area contributed by atoms with E-state index in [0.29, 0.717) is 16.2 Å². The van der Waals surface area contributed by atoms with Crippen LogP contribution in [0.2, 0.25) is 0 Å². The van der Waals surface area contributed by atoms with Crippen molar-refractivity contribution in [2.45, 2.75) is 13.1 Å². The number of fused-ring (bicyclic) bond motifs is 1. The van der Waals surface area contributed by atoms with Crippen LogP contribution in [-0.2, 0) is 15.7 Å². The second kappa shape index (κ2) is 7.38. The van der Waals surface area contributed by atoms with Crippen molar-refractivity contribution < 1.29 is 32.2 Å². The highest BCUT2D eigenvalue weighted by molar-refractivity contribution is 6.41. The molecule has 0 aromatic heterocycles. The summed E-state index contributed by atoms with van der Waals surface area (Å²) in [6.07, 6.45) is -3.40. The number of alkyl halides is 3. The Morgan fingerprint density at radius 2 is 1.79 bits per heavy atom. The zero-order valence-electron chi connectivity index (χ0n) is 15.0. The fourth-order valence-electron chi connectivity index (χ4n) is 2.85. The molecule has 2 aromatic carbocycles. The molecule has 1 aliphatic rings. The van der Waals surface area contributed by atoms with Gasteiger partial charge in [-0.3, -0.25) is 9.59 Å². The summed E-state index contributed by atoms with van der Waals surface area (Å²) in [6.45, 7) is 1.99. The number of anilines is 1. The SMILES string of the molecule is CCO/C=C1\C(=O)N(c2cccc(C(F)(F)F)c2)C(=O)c2cc(OC)ccc21. The molecule has 0 unspecified atom stereocenters. The minimum absolute atomic E-state index is 0.0662. The van der Waals surface area contributed by atoms with Crippen molar-refractivity contribution in [1.82, 2.24) is 0 Å². The van der Waals surface area contributed by atoms with Crippen molar-refractivity contribution in [1.29, 1.82) is 0 Å². The molecule has 5 nitrogen and oxygen atoms in total. The average molecular weight is 391 g/mol. The van der Waals surface area contributed by atoms with Gasteiger partial charge >= 0.3 is 6.18 Å². The molecule has 0 atom stereocenters. The summed E-state index contributed by atoms with van der Waals surface area (Å²) in [6, 6.07) is 8.61. The number of carbonyl (C=O) groups excluding carboxylic acids is 2. The van der Waals surface area contributed by atoms with Crippen LogP contribution in [0.1, 0.15) is 28.4 Å². The van der Waals surface area contributed by atoms with Crippen molar-refractivity contribution in [2.75, 3.05) is 18.6 Å². The van der Waals surface area contributed by atoms with Crippen molar-refractivity contribution in [3.63, 3.8) is 0 Å². The number of rotatable bonds is 4. The van der Waals surface area contributed by atoms with E-state index in [1.165, 1.54) is 31.6 Å². The second-order valence-electron chi connectivity index (χ2n) is 5.89. The van der Waals surface area contributed by atoms with E-state index in [4.69, 9.17) is 9.47 Å². The van der Waals surface area contributed by atoms with Gasteiger partial charge in [0.1, 0.15) is 5.75 Å². The Morgan fingerprint density at radius 1 is 1.04 bits per heavy atom. The highest BCUT2D eigenvalue weighted by atomic mass is 19.4. The van der Waals surface area contributed by atoms with E-state index >= 15 is 0 Å². The molecule has 0 fully saturated rings. The molecular formula is C20H16F3NO4. The van der Waals surface area contributed by atoms with Crippen LogP contribution in [0.4, 0.5) is 18.9 Å². The third-order valence-corrected chi connectivity index (χ3v) is 4.18. The average Bonchev–Trinajstić information content (AvgIpc) is 2.67. The van der Waals surface area contributed by atoms with Crippen molar-refractivity contribution in [2.24, 2.45) is 0 Å². The van der Waals surface area contributed by atoms with Crippen molar-refractivity contribution in [3.05, 3.63) is 65.4 Å². The second-order valence-corrected chi connectivity index (χ2v) is 5.89. The normalized spacial score (nSPS) is 15.6. The van der Waals surface area contributed by atoms with Crippen LogP contribution in [0.15, 0.2) is 48.7 Å². The van der Waals surface area contributed by atoms with Gasteiger partial charge in [0, 0.05) is 5.56 Å². The van der Waals surface area contributed by atoms with Crippen LogP contribution in [-0.4, -0.2) is 25.5 Å². The lowest BCUT2D eigenvalue weighted by atomic mass is 9.93. The fraction of sp³-hybridized carbons (Fsp3) is 0.200. The van der Waals surface area contributed by atoms with Crippen LogP contribution in [0.25, 0.3) is 5.57 Å². The molecule has 0 saturated carbocycles. The number of imide groups is 1. The van der Waals surface area contributed by atoms with E-state index in [1.807, 2.05) is 0 Å². The molecule has 2 aromatic rings. The van der Waals surface area contributed by atoms with Crippen LogP contribution in [0.3, 0.4) is 0 Å². The Kier molecular flexibility index (Phi) is 5.13. The number of amides is 2. The molecule has 0 N–H and O–H groups in total. The Hall–Kier alpha value is -3.29. The van der Waals surface area contributed by atoms with E-state index in [1.54, 1.807) is 13.0 Å². The number of methoxy groups -OCH3 is 1. The number of halogens is 3. The van der Waals surface area contributed by atoms with E-state index in [-0.39, 0.29) is 23.4 Å².